The molecule has 9 heteroatoms. The Morgan fingerprint density at radius 3 is 2.67 bits per heavy atom. The van der Waals surface area contributed by atoms with Gasteiger partial charge in [-0.25, -0.2) is 4.68 Å². The first kappa shape index (κ1) is 16.2. The fraction of sp³-hybridized carbons (Fsp3) is 0.733. The Balaban J connectivity index is 1.39. The van der Waals surface area contributed by atoms with Crippen molar-refractivity contribution in [3.8, 4) is 0 Å². The first-order valence-electron chi connectivity index (χ1n) is 8.47. The normalized spacial score (nSPS) is 23.2. The van der Waals surface area contributed by atoms with E-state index in [2.05, 4.69) is 5.10 Å². The molecule has 1 aliphatic carbocycles. The third kappa shape index (κ3) is 2.90. The zero-order valence-corrected chi connectivity index (χ0v) is 14.4. The van der Waals surface area contributed by atoms with Gasteiger partial charge >= 0.3 is 0 Å². The van der Waals surface area contributed by atoms with Crippen molar-refractivity contribution in [3.63, 3.8) is 0 Å². The second-order valence-corrected chi connectivity index (χ2v) is 8.62. The maximum atomic E-state index is 12.5. The number of hydrogen-bond donors (Lipinski definition) is 0. The zero-order chi connectivity index (χ0) is 16.7. The SMILES string of the molecule is O=c1cc2c(nn1CC1CN(S(=O)(=O)N3CCOCC3)C1)CCC2. The highest BCUT2D eigenvalue weighted by Crippen LogP contribution is 2.24. The highest BCUT2D eigenvalue weighted by Gasteiger charge is 2.40. The number of rotatable bonds is 4. The molecule has 0 radical (unpaired) electrons. The van der Waals surface area contributed by atoms with Gasteiger partial charge < -0.3 is 4.74 Å². The van der Waals surface area contributed by atoms with Crippen LogP contribution in [0.4, 0.5) is 0 Å². The zero-order valence-electron chi connectivity index (χ0n) is 13.6. The molecule has 0 amide bonds. The molecule has 1 aromatic heterocycles. The third-order valence-corrected chi connectivity index (χ3v) is 6.97. The predicted molar refractivity (Wildman–Crippen MR) is 86.9 cm³/mol. The molecule has 0 bridgehead atoms. The van der Waals surface area contributed by atoms with Crippen LogP contribution in [0.25, 0.3) is 0 Å². The summed E-state index contributed by atoms with van der Waals surface area (Å²) in [6.07, 6.45) is 2.92. The smallest absolute Gasteiger partial charge is 0.282 e. The van der Waals surface area contributed by atoms with Gasteiger partial charge in [-0.15, -0.1) is 0 Å². The van der Waals surface area contributed by atoms with Crippen molar-refractivity contribution in [3.05, 3.63) is 27.7 Å². The maximum absolute atomic E-state index is 12.5. The van der Waals surface area contributed by atoms with Crippen LogP contribution in [0.2, 0.25) is 0 Å². The predicted octanol–water partition coefficient (Wildman–Crippen LogP) is -0.759. The second kappa shape index (κ2) is 6.21. The van der Waals surface area contributed by atoms with Crippen molar-refractivity contribution in [2.75, 3.05) is 39.4 Å². The van der Waals surface area contributed by atoms with Gasteiger partial charge in [-0.05, 0) is 24.8 Å². The Hall–Kier alpha value is -1.29. The number of aryl methyl sites for hydroxylation is 2. The lowest BCUT2D eigenvalue weighted by Crippen LogP contribution is -2.58. The number of ether oxygens (including phenoxy) is 1. The number of hydrogen-bond acceptors (Lipinski definition) is 5. The minimum absolute atomic E-state index is 0.0786. The molecule has 0 saturated carbocycles. The summed E-state index contributed by atoms with van der Waals surface area (Å²) < 4.78 is 34.7. The van der Waals surface area contributed by atoms with Gasteiger partial charge in [0.2, 0.25) is 0 Å². The average molecular weight is 354 g/mol. The Kier molecular flexibility index (Phi) is 4.19. The van der Waals surface area contributed by atoms with E-state index in [4.69, 9.17) is 4.74 Å². The molecule has 4 rings (SSSR count). The minimum Gasteiger partial charge on any atom is -0.379 e. The van der Waals surface area contributed by atoms with Gasteiger partial charge in [0.25, 0.3) is 15.8 Å². The Morgan fingerprint density at radius 2 is 1.92 bits per heavy atom. The molecule has 0 spiro atoms. The Labute approximate surface area is 141 Å². The summed E-state index contributed by atoms with van der Waals surface area (Å²) in [5, 5.41) is 4.46. The lowest BCUT2D eigenvalue weighted by atomic mass is 10.0. The van der Waals surface area contributed by atoms with Gasteiger partial charge in [0.15, 0.2) is 0 Å². The average Bonchev–Trinajstić information content (AvgIpc) is 2.98. The van der Waals surface area contributed by atoms with Crippen LogP contribution in [-0.4, -0.2) is 66.2 Å². The molecule has 8 nitrogen and oxygen atoms in total. The fourth-order valence-corrected chi connectivity index (χ4v) is 5.32. The maximum Gasteiger partial charge on any atom is 0.282 e. The standard InChI is InChI=1S/C15H22N4O4S/c20-15-8-13-2-1-3-14(13)16-19(15)11-12-9-18(10-12)24(21,22)17-4-6-23-7-5-17/h8,12H,1-7,9-11H2. The molecule has 2 saturated heterocycles. The molecule has 2 fully saturated rings. The topological polar surface area (TPSA) is 84.7 Å². The number of nitrogens with zero attached hydrogens (tertiary/aromatic N) is 4. The molecule has 3 aliphatic rings. The highest BCUT2D eigenvalue weighted by atomic mass is 32.2. The quantitative estimate of drug-likeness (QED) is 0.710. The molecular weight excluding hydrogens is 332 g/mol. The molecule has 0 unspecified atom stereocenters. The van der Waals surface area contributed by atoms with E-state index in [1.165, 1.54) is 13.3 Å². The first-order valence-corrected chi connectivity index (χ1v) is 9.86. The molecule has 132 valence electrons. The fourth-order valence-electron chi connectivity index (χ4n) is 3.58. The van der Waals surface area contributed by atoms with Gasteiger partial charge in [-0.2, -0.15) is 22.1 Å². The minimum atomic E-state index is -3.39. The van der Waals surface area contributed by atoms with Crippen LogP contribution in [0, 0.1) is 5.92 Å². The summed E-state index contributed by atoms with van der Waals surface area (Å²) in [4.78, 5) is 12.1. The number of morpholine rings is 1. The summed E-state index contributed by atoms with van der Waals surface area (Å²) in [5.41, 5.74) is 2.01. The Bertz CT molecular complexity index is 779. The van der Waals surface area contributed by atoms with Crippen LogP contribution in [-0.2, 0) is 34.3 Å². The van der Waals surface area contributed by atoms with Crippen molar-refractivity contribution in [1.29, 1.82) is 0 Å². The molecule has 0 N–H and O–H groups in total. The molecule has 2 aliphatic heterocycles. The van der Waals surface area contributed by atoms with E-state index < -0.39 is 10.2 Å². The number of aromatic nitrogens is 2. The van der Waals surface area contributed by atoms with Crippen LogP contribution in [0.15, 0.2) is 10.9 Å². The molecule has 24 heavy (non-hydrogen) atoms. The lowest BCUT2D eigenvalue weighted by Gasteiger charge is -2.41. The van der Waals surface area contributed by atoms with Gasteiger partial charge in [0.05, 0.1) is 25.5 Å². The highest BCUT2D eigenvalue weighted by molar-refractivity contribution is 7.86. The van der Waals surface area contributed by atoms with E-state index in [0.717, 1.165) is 30.5 Å². The van der Waals surface area contributed by atoms with Crippen LogP contribution >= 0.6 is 0 Å². The van der Waals surface area contributed by atoms with Crippen molar-refractivity contribution in [1.82, 2.24) is 18.4 Å². The lowest BCUT2D eigenvalue weighted by molar-refractivity contribution is 0.0654. The first-order chi connectivity index (χ1) is 11.5. The van der Waals surface area contributed by atoms with Gasteiger partial charge in [-0.1, -0.05) is 0 Å². The molecule has 0 aromatic carbocycles. The van der Waals surface area contributed by atoms with Gasteiger partial charge in [-0.3, -0.25) is 4.79 Å². The van der Waals surface area contributed by atoms with E-state index in [1.54, 1.807) is 6.07 Å². The van der Waals surface area contributed by atoms with E-state index >= 15 is 0 Å². The van der Waals surface area contributed by atoms with E-state index in [-0.39, 0.29) is 11.5 Å². The van der Waals surface area contributed by atoms with Crippen molar-refractivity contribution >= 4 is 10.2 Å². The Morgan fingerprint density at radius 1 is 1.17 bits per heavy atom. The van der Waals surface area contributed by atoms with Crippen LogP contribution in [0.1, 0.15) is 17.7 Å². The van der Waals surface area contributed by atoms with Crippen molar-refractivity contribution in [2.45, 2.75) is 25.8 Å². The van der Waals surface area contributed by atoms with Gasteiger partial charge in [0, 0.05) is 38.2 Å². The van der Waals surface area contributed by atoms with Crippen molar-refractivity contribution < 1.29 is 13.2 Å². The summed E-state index contributed by atoms with van der Waals surface area (Å²) in [6.45, 7) is 3.11. The van der Waals surface area contributed by atoms with Crippen LogP contribution in [0.3, 0.4) is 0 Å². The summed E-state index contributed by atoms with van der Waals surface area (Å²) in [7, 11) is -3.39. The third-order valence-electron chi connectivity index (χ3n) is 5.00. The van der Waals surface area contributed by atoms with Crippen molar-refractivity contribution in [2.24, 2.45) is 5.92 Å². The van der Waals surface area contributed by atoms with E-state index in [9.17, 15) is 13.2 Å². The summed E-state index contributed by atoms with van der Waals surface area (Å²) >= 11 is 0. The molecular formula is C15H22N4O4S. The second-order valence-electron chi connectivity index (χ2n) is 6.69. The van der Waals surface area contributed by atoms with E-state index in [1.807, 2.05) is 0 Å². The molecule has 0 atom stereocenters. The summed E-state index contributed by atoms with van der Waals surface area (Å²) in [6, 6.07) is 1.69. The summed E-state index contributed by atoms with van der Waals surface area (Å²) in [5.74, 6) is 0.144. The monoisotopic (exact) mass is 354 g/mol. The van der Waals surface area contributed by atoms with Crippen LogP contribution < -0.4 is 5.56 Å². The molecule has 3 heterocycles. The van der Waals surface area contributed by atoms with Crippen LogP contribution in [0.5, 0.6) is 0 Å². The van der Waals surface area contributed by atoms with Gasteiger partial charge in [0.1, 0.15) is 0 Å². The molecule has 1 aromatic rings. The number of fused-ring (bicyclic) bond motifs is 1. The van der Waals surface area contributed by atoms with E-state index in [0.29, 0.717) is 45.9 Å². The largest absolute Gasteiger partial charge is 0.379 e.